The average Bonchev–Trinajstić information content (AvgIpc) is 3.00. The molecule has 4 heteroatoms. The molecule has 2 atom stereocenters. The summed E-state index contributed by atoms with van der Waals surface area (Å²) in [7, 11) is 2.19. The van der Waals surface area contributed by atoms with Crippen molar-refractivity contribution >= 4 is 0 Å². The molecule has 0 spiro atoms. The van der Waals surface area contributed by atoms with Gasteiger partial charge in [-0.2, -0.15) is 0 Å². The molecule has 2 fully saturated rings. The molecule has 4 nitrogen and oxygen atoms in total. The van der Waals surface area contributed by atoms with Crippen molar-refractivity contribution in [2.45, 2.75) is 37.8 Å². The maximum atomic E-state index is 5.90. The SMILES string of the molecule is CN(CCN1CCCC1)C(CN)C1CCCO1. The largest absolute Gasteiger partial charge is 0.377 e. The number of hydrogen-bond acceptors (Lipinski definition) is 4. The minimum absolute atomic E-state index is 0.364. The average molecular weight is 241 g/mol. The van der Waals surface area contributed by atoms with Crippen LogP contribution in [0.2, 0.25) is 0 Å². The van der Waals surface area contributed by atoms with Gasteiger partial charge < -0.3 is 15.4 Å². The zero-order valence-corrected chi connectivity index (χ0v) is 11.1. The third-order valence-electron chi connectivity index (χ3n) is 4.17. The lowest BCUT2D eigenvalue weighted by molar-refractivity contribution is 0.0348. The Labute approximate surface area is 105 Å². The van der Waals surface area contributed by atoms with Gasteiger partial charge in [0.05, 0.1) is 6.10 Å². The maximum Gasteiger partial charge on any atom is 0.0743 e. The number of hydrogen-bond donors (Lipinski definition) is 1. The highest BCUT2D eigenvalue weighted by molar-refractivity contribution is 4.83. The molecule has 2 heterocycles. The fraction of sp³-hybridized carbons (Fsp3) is 1.00. The third kappa shape index (κ3) is 3.65. The van der Waals surface area contributed by atoms with Gasteiger partial charge in [0.15, 0.2) is 0 Å². The first-order chi connectivity index (χ1) is 8.31. The van der Waals surface area contributed by atoms with Crippen LogP contribution in [-0.4, -0.2) is 68.3 Å². The number of likely N-dealkylation sites (tertiary alicyclic amines) is 1. The Hall–Kier alpha value is -0.160. The number of ether oxygens (including phenoxy) is 1. The van der Waals surface area contributed by atoms with E-state index >= 15 is 0 Å². The van der Waals surface area contributed by atoms with Crippen molar-refractivity contribution in [3.8, 4) is 0 Å². The van der Waals surface area contributed by atoms with E-state index in [2.05, 4.69) is 16.8 Å². The second-order valence-corrected chi connectivity index (χ2v) is 5.38. The van der Waals surface area contributed by atoms with Crippen molar-refractivity contribution in [2.24, 2.45) is 5.73 Å². The summed E-state index contributed by atoms with van der Waals surface area (Å²) >= 11 is 0. The Bertz CT molecular complexity index is 213. The van der Waals surface area contributed by atoms with Crippen molar-refractivity contribution < 1.29 is 4.74 Å². The summed E-state index contributed by atoms with van der Waals surface area (Å²) in [5, 5.41) is 0. The summed E-state index contributed by atoms with van der Waals surface area (Å²) in [5.41, 5.74) is 5.90. The lowest BCUT2D eigenvalue weighted by Crippen LogP contribution is -2.48. The summed E-state index contributed by atoms with van der Waals surface area (Å²) in [5.74, 6) is 0. The number of likely N-dealkylation sites (N-methyl/N-ethyl adjacent to an activating group) is 1. The van der Waals surface area contributed by atoms with Crippen molar-refractivity contribution in [3.63, 3.8) is 0 Å². The normalized spacial score (nSPS) is 28.1. The van der Waals surface area contributed by atoms with Crippen LogP contribution in [0, 0.1) is 0 Å². The second kappa shape index (κ2) is 6.69. The molecule has 100 valence electrons. The van der Waals surface area contributed by atoms with Gasteiger partial charge in [-0.1, -0.05) is 0 Å². The smallest absolute Gasteiger partial charge is 0.0743 e. The summed E-state index contributed by atoms with van der Waals surface area (Å²) < 4.78 is 5.76. The lowest BCUT2D eigenvalue weighted by atomic mass is 10.1. The molecule has 0 bridgehead atoms. The second-order valence-electron chi connectivity index (χ2n) is 5.38. The van der Waals surface area contributed by atoms with Crippen molar-refractivity contribution in [3.05, 3.63) is 0 Å². The van der Waals surface area contributed by atoms with Gasteiger partial charge in [0.25, 0.3) is 0 Å². The van der Waals surface area contributed by atoms with Gasteiger partial charge >= 0.3 is 0 Å². The van der Waals surface area contributed by atoms with Crippen LogP contribution in [0.4, 0.5) is 0 Å². The van der Waals surface area contributed by atoms with Gasteiger partial charge in [0.1, 0.15) is 0 Å². The Morgan fingerprint density at radius 1 is 1.35 bits per heavy atom. The molecule has 2 aliphatic rings. The van der Waals surface area contributed by atoms with Gasteiger partial charge in [0.2, 0.25) is 0 Å². The van der Waals surface area contributed by atoms with Crippen LogP contribution in [0.25, 0.3) is 0 Å². The predicted octanol–water partition coefficient (Wildman–Crippen LogP) is 0.520. The van der Waals surface area contributed by atoms with Gasteiger partial charge in [-0.05, 0) is 45.8 Å². The van der Waals surface area contributed by atoms with Crippen LogP contribution in [0.3, 0.4) is 0 Å². The predicted molar refractivity (Wildman–Crippen MR) is 70.1 cm³/mol. The summed E-state index contributed by atoms with van der Waals surface area (Å²) in [6.45, 7) is 6.48. The molecule has 2 N–H and O–H groups in total. The first-order valence-corrected chi connectivity index (χ1v) is 7.05. The molecule has 0 aliphatic carbocycles. The highest BCUT2D eigenvalue weighted by atomic mass is 16.5. The Balaban J connectivity index is 1.73. The number of rotatable bonds is 6. The number of nitrogens with two attached hydrogens (primary N) is 1. The van der Waals surface area contributed by atoms with Crippen molar-refractivity contribution in [1.82, 2.24) is 9.80 Å². The van der Waals surface area contributed by atoms with Gasteiger partial charge in [-0.15, -0.1) is 0 Å². The van der Waals surface area contributed by atoms with E-state index in [9.17, 15) is 0 Å². The molecule has 0 aromatic rings. The minimum Gasteiger partial charge on any atom is -0.377 e. The standard InChI is InChI=1S/C13H27N3O/c1-15(8-9-16-6-2-3-7-16)12(11-14)13-5-4-10-17-13/h12-13H,2-11,14H2,1H3. The fourth-order valence-corrected chi connectivity index (χ4v) is 2.99. The van der Waals surface area contributed by atoms with E-state index in [0.717, 1.165) is 13.2 Å². The van der Waals surface area contributed by atoms with E-state index in [4.69, 9.17) is 10.5 Å². The Morgan fingerprint density at radius 2 is 2.12 bits per heavy atom. The van der Waals surface area contributed by atoms with Crippen LogP contribution in [0.5, 0.6) is 0 Å². The van der Waals surface area contributed by atoms with Crippen molar-refractivity contribution in [2.75, 3.05) is 46.4 Å². The molecule has 2 aliphatic heterocycles. The van der Waals surface area contributed by atoms with E-state index in [1.165, 1.54) is 45.3 Å². The topological polar surface area (TPSA) is 41.7 Å². The monoisotopic (exact) mass is 241 g/mol. The summed E-state index contributed by atoms with van der Waals surface area (Å²) in [6, 6.07) is 0.403. The van der Waals surface area contributed by atoms with E-state index in [1.54, 1.807) is 0 Å². The van der Waals surface area contributed by atoms with E-state index < -0.39 is 0 Å². The minimum atomic E-state index is 0.364. The fourth-order valence-electron chi connectivity index (χ4n) is 2.99. The van der Waals surface area contributed by atoms with E-state index in [-0.39, 0.29) is 0 Å². The van der Waals surface area contributed by atoms with Gasteiger partial charge in [-0.3, -0.25) is 4.90 Å². The number of nitrogens with zero attached hydrogens (tertiary/aromatic N) is 2. The van der Waals surface area contributed by atoms with Crippen molar-refractivity contribution in [1.29, 1.82) is 0 Å². The van der Waals surface area contributed by atoms with Gasteiger partial charge in [-0.25, -0.2) is 0 Å². The quantitative estimate of drug-likeness (QED) is 0.736. The first kappa shape index (κ1) is 13.3. The molecule has 0 saturated carbocycles. The Morgan fingerprint density at radius 3 is 2.71 bits per heavy atom. The third-order valence-corrected chi connectivity index (χ3v) is 4.17. The van der Waals surface area contributed by atoms with Gasteiger partial charge in [0, 0.05) is 32.3 Å². The highest BCUT2D eigenvalue weighted by Crippen LogP contribution is 2.18. The molecular weight excluding hydrogens is 214 g/mol. The molecule has 2 unspecified atom stereocenters. The lowest BCUT2D eigenvalue weighted by Gasteiger charge is -2.32. The molecule has 2 rings (SSSR count). The van der Waals surface area contributed by atoms with Crippen LogP contribution >= 0.6 is 0 Å². The van der Waals surface area contributed by atoms with E-state index in [1.807, 2.05) is 0 Å². The molecule has 0 radical (unpaired) electrons. The van der Waals surface area contributed by atoms with Crippen LogP contribution in [0.1, 0.15) is 25.7 Å². The van der Waals surface area contributed by atoms with E-state index in [0.29, 0.717) is 18.7 Å². The molecule has 0 aromatic carbocycles. The van der Waals surface area contributed by atoms with Crippen LogP contribution in [0.15, 0.2) is 0 Å². The molecule has 0 aromatic heterocycles. The molecule has 17 heavy (non-hydrogen) atoms. The molecule has 2 saturated heterocycles. The summed E-state index contributed by atoms with van der Waals surface area (Å²) in [6.07, 6.45) is 5.48. The first-order valence-electron chi connectivity index (χ1n) is 7.05. The maximum absolute atomic E-state index is 5.90. The molecule has 0 amide bonds. The highest BCUT2D eigenvalue weighted by Gasteiger charge is 2.28. The molecular formula is C13H27N3O. The zero-order chi connectivity index (χ0) is 12.1. The van der Waals surface area contributed by atoms with Crippen LogP contribution < -0.4 is 5.73 Å². The Kier molecular flexibility index (Phi) is 5.22. The zero-order valence-electron chi connectivity index (χ0n) is 11.1. The van der Waals surface area contributed by atoms with Crippen LogP contribution in [-0.2, 0) is 4.74 Å². The summed E-state index contributed by atoms with van der Waals surface area (Å²) in [4.78, 5) is 4.95.